The van der Waals surface area contributed by atoms with Gasteiger partial charge in [-0.3, -0.25) is 0 Å². The maximum absolute atomic E-state index is 5.10. The zero-order valence-corrected chi connectivity index (χ0v) is 11.4. The number of likely N-dealkylation sites (N-methyl/N-ethyl adjacent to an activating group) is 1. The number of nitrogens with one attached hydrogen (secondary N) is 1. The predicted molar refractivity (Wildman–Crippen MR) is 72.0 cm³/mol. The zero-order chi connectivity index (χ0) is 13.0. The zero-order valence-electron chi connectivity index (χ0n) is 11.4. The lowest BCUT2D eigenvalue weighted by Gasteiger charge is -2.36. The van der Waals surface area contributed by atoms with Gasteiger partial charge in [-0.2, -0.15) is 4.98 Å². The molecular formula is C13H22N4O. The molecule has 5 nitrogen and oxygen atoms in total. The summed E-state index contributed by atoms with van der Waals surface area (Å²) in [6, 6.07) is 1.75. The minimum absolute atomic E-state index is 0.242. The van der Waals surface area contributed by atoms with E-state index in [1.54, 1.807) is 19.4 Å². The standard InChI is InChI=1S/C13H22N4O/c1-17(2)13(7-4-5-8-13)10-15-12-14-9-6-11(16-12)18-3/h6,9H,4-5,7-8,10H2,1-3H3,(H,14,15,16). The Morgan fingerprint density at radius 2 is 2.11 bits per heavy atom. The van der Waals surface area contributed by atoms with E-state index in [9.17, 15) is 0 Å². The van der Waals surface area contributed by atoms with Gasteiger partial charge in [0.15, 0.2) is 0 Å². The van der Waals surface area contributed by atoms with Crippen LogP contribution in [-0.4, -0.2) is 48.2 Å². The van der Waals surface area contributed by atoms with Gasteiger partial charge in [0.25, 0.3) is 0 Å². The van der Waals surface area contributed by atoms with Gasteiger partial charge in [0, 0.05) is 24.3 Å². The second kappa shape index (κ2) is 5.52. The lowest BCUT2D eigenvalue weighted by atomic mass is 9.96. The summed E-state index contributed by atoms with van der Waals surface area (Å²) in [7, 11) is 5.92. The highest BCUT2D eigenvalue weighted by molar-refractivity contribution is 5.28. The molecule has 1 fully saturated rings. The second-order valence-corrected chi connectivity index (χ2v) is 5.10. The van der Waals surface area contributed by atoms with Crippen LogP contribution in [0.5, 0.6) is 5.88 Å². The van der Waals surface area contributed by atoms with E-state index in [4.69, 9.17) is 4.74 Å². The van der Waals surface area contributed by atoms with Gasteiger partial charge in [0.2, 0.25) is 11.8 Å². The number of aromatic nitrogens is 2. The molecule has 1 aromatic rings. The molecule has 5 heteroatoms. The van der Waals surface area contributed by atoms with Crippen LogP contribution in [0, 0.1) is 0 Å². The Balaban J connectivity index is 2.01. The van der Waals surface area contributed by atoms with Gasteiger partial charge >= 0.3 is 0 Å². The van der Waals surface area contributed by atoms with Gasteiger partial charge in [-0.1, -0.05) is 12.8 Å². The summed E-state index contributed by atoms with van der Waals surface area (Å²) < 4.78 is 5.10. The molecule has 0 saturated heterocycles. The first-order valence-electron chi connectivity index (χ1n) is 6.45. The third-order valence-electron chi connectivity index (χ3n) is 3.90. The van der Waals surface area contributed by atoms with Crippen LogP contribution in [0.2, 0.25) is 0 Å². The van der Waals surface area contributed by atoms with E-state index in [0.717, 1.165) is 6.54 Å². The fraction of sp³-hybridized carbons (Fsp3) is 0.692. The van der Waals surface area contributed by atoms with Gasteiger partial charge in [-0.15, -0.1) is 0 Å². The number of nitrogens with zero attached hydrogens (tertiary/aromatic N) is 3. The summed E-state index contributed by atoms with van der Waals surface area (Å²) >= 11 is 0. The highest BCUT2D eigenvalue weighted by Crippen LogP contribution is 2.33. The van der Waals surface area contributed by atoms with Crippen molar-refractivity contribution >= 4 is 5.95 Å². The fourth-order valence-electron chi connectivity index (χ4n) is 2.60. The van der Waals surface area contributed by atoms with Gasteiger partial charge < -0.3 is 15.0 Å². The highest BCUT2D eigenvalue weighted by Gasteiger charge is 2.35. The molecule has 1 saturated carbocycles. The molecule has 0 unspecified atom stereocenters. The van der Waals surface area contributed by atoms with Crippen LogP contribution in [0.15, 0.2) is 12.3 Å². The lowest BCUT2D eigenvalue weighted by molar-refractivity contribution is 0.172. The third-order valence-corrected chi connectivity index (χ3v) is 3.90. The van der Waals surface area contributed by atoms with E-state index in [1.807, 2.05) is 0 Å². The van der Waals surface area contributed by atoms with Crippen LogP contribution in [0.25, 0.3) is 0 Å². The van der Waals surface area contributed by atoms with Crippen LogP contribution in [0.4, 0.5) is 5.95 Å². The second-order valence-electron chi connectivity index (χ2n) is 5.10. The lowest BCUT2D eigenvalue weighted by Crippen LogP contribution is -2.47. The molecule has 0 aromatic carbocycles. The van der Waals surface area contributed by atoms with Crippen LogP contribution in [0.1, 0.15) is 25.7 Å². The number of anilines is 1. The summed E-state index contributed by atoms with van der Waals surface area (Å²) in [6.07, 6.45) is 6.79. The number of rotatable bonds is 5. The minimum Gasteiger partial charge on any atom is -0.481 e. The van der Waals surface area contributed by atoms with E-state index in [-0.39, 0.29) is 5.54 Å². The number of methoxy groups -OCH3 is 1. The van der Waals surface area contributed by atoms with Crippen molar-refractivity contribution in [2.24, 2.45) is 0 Å². The van der Waals surface area contributed by atoms with Gasteiger partial charge in [0.05, 0.1) is 7.11 Å². The molecule has 2 rings (SSSR count). The SMILES string of the molecule is COc1ccnc(NCC2(N(C)C)CCCC2)n1. The Kier molecular flexibility index (Phi) is 4.01. The van der Waals surface area contributed by atoms with E-state index >= 15 is 0 Å². The first-order chi connectivity index (χ1) is 8.66. The summed E-state index contributed by atoms with van der Waals surface area (Å²) in [6.45, 7) is 0.882. The smallest absolute Gasteiger partial charge is 0.226 e. The number of hydrogen-bond donors (Lipinski definition) is 1. The maximum atomic E-state index is 5.10. The predicted octanol–water partition coefficient (Wildman–Crippen LogP) is 1.77. The first kappa shape index (κ1) is 13.1. The first-order valence-corrected chi connectivity index (χ1v) is 6.45. The quantitative estimate of drug-likeness (QED) is 0.863. The molecule has 1 aliphatic carbocycles. The van der Waals surface area contributed by atoms with Crippen molar-refractivity contribution in [2.45, 2.75) is 31.2 Å². The van der Waals surface area contributed by atoms with Gasteiger partial charge in [-0.05, 0) is 26.9 Å². The Labute approximate surface area is 109 Å². The van der Waals surface area contributed by atoms with Crippen molar-refractivity contribution < 1.29 is 4.74 Å². The molecule has 0 amide bonds. The van der Waals surface area contributed by atoms with E-state index in [0.29, 0.717) is 11.8 Å². The van der Waals surface area contributed by atoms with Crippen LogP contribution < -0.4 is 10.1 Å². The molecule has 0 aliphatic heterocycles. The summed E-state index contributed by atoms with van der Waals surface area (Å²) in [4.78, 5) is 10.8. The Bertz CT molecular complexity index is 388. The van der Waals surface area contributed by atoms with Crippen molar-refractivity contribution in [2.75, 3.05) is 33.1 Å². The molecule has 1 N–H and O–H groups in total. The fourth-order valence-corrected chi connectivity index (χ4v) is 2.60. The molecule has 0 atom stereocenters. The van der Waals surface area contributed by atoms with Crippen molar-refractivity contribution in [3.8, 4) is 5.88 Å². The van der Waals surface area contributed by atoms with E-state index in [2.05, 4.69) is 34.3 Å². The maximum Gasteiger partial charge on any atom is 0.226 e. The molecular weight excluding hydrogens is 228 g/mol. The highest BCUT2D eigenvalue weighted by atomic mass is 16.5. The van der Waals surface area contributed by atoms with Gasteiger partial charge in [-0.25, -0.2) is 4.98 Å². The topological polar surface area (TPSA) is 50.3 Å². The molecule has 0 bridgehead atoms. The average molecular weight is 250 g/mol. The van der Waals surface area contributed by atoms with Crippen molar-refractivity contribution in [3.05, 3.63) is 12.3 Å². The minimum atomic E-state index is 0.242. The van der Waals surface area contributed by atoms with E-state index in [1.165, 1.54) is 25.7 Å². The van der Waals surface area contributed by atoms with Crippen LogP contribution >= 0.6 is 0 Å². The summed E-state index contributed by atoms with van der Waals surface area (Å²) in [5, 5.41) is 3.34. The number of hydrogen-bond acceptors (Lipinski definition) is 5. The number of ether oxygens (including phenoxy) is 1. The monoisotopic (exact) mass is 250 g/mol. The molecule has 0 spiro atoms. The van der Waals surface area contributed by atoms with Crippen molar-refractivity contribution in [1.29, 1.82) is 0 Å². The Morgan fingerprint density at radius 3 is 2.72 bits per heavy atom. The summed E-state index contributed by atoms with van der Waals surface area (Å²) in [5.41, 5.74) is 0.242. The Hall–Kier alpha value is -1.36. The summed E-state index contributed by atoms with van der Waals surface area (Å²) in [5.74, 6) is 1.24. The molecule has 1 aliphatic rings. The van der Waals surface area contributed by atoms with Crippen molar-refractivity contribution in [1.82, 2.24) is 14.9 Å². The average Bonchev–Trinajstić information content (AvgIpc) is 2.87. The van der Waals surface area contributed by atoms with Crippen LogP contribution in [-0.2, 0) is 0 Å². The normalized spacial score (nSPS) is 18.0. The van der Waals surface area contributed by atoms with E-state index < -0.39 is 0 Å². The molecule has 1 aromatic heterocycles. The third kappa shape index (κ3) is 2.72. The molecule has 18 heavy (non-hydrogen) atoms. The largest absolute Gasteiger partial charge is 0.481 e. The Morgan fingerprint density at radius 1 is 1.39 bits per heavy atom. The van der Waals surface area contributed by atoms with Crippen molar-refractivity contribution in [3.63, 3.8) is 0 Å². The molecule has 0 radical (unpaired) electrons. The molecule has 100 valence electrons. The van der Waals surface area contributed by atoms with Gasteiger partial charge in [0.1, 0.15) is 0 Å². The van der Waals surface area contributed by atoms with Crippen LogP contribution in [0.3, 0.4) is 0 Å². The molecule has 1 heterocycles.